The Hall–Kier alpha value is -1.56. The first kappa shape index (κ1) is 12.9. The van der Waals surface area contributed by atoms with Crippen LogP contribution in [-0.4, -0.2) is 17.0 Å². The molecule has 1 heterocycles. The third-order valence-electron chi connectivity index (χ3n) is 2.43. The first-order valence-corrected chi connectivity index (χ1v) is 5.99. The number of nitrogens with one attached hydrogen (secondary N) is 1. The maximum Gasteiger partial charge on any atom is 0.161 e. The number of nitrogens with zero attached hydrogens (tertiary/aromatic N) is 2. The number of hydrogen-bond donors (Lipinski definition) is 1. The zero-order valence-corrected chi connectivity index (χ0v) is 11.3. The van der Waals surface area contributed by atoms with Gasteiger partial charge in [-0.3, -0.25) is 0 Å². The molecular weight excluding hydrogens is 304 g/mol. The lowest BCUT2D eigenvalue weighted by Crippen LogP contribution is -2.01. The van der Waals surface area contributed by atoms with Crippen LogP contribution in [-0.2, 0) is 0 Å². The first-order chi connectivity index (χ1) is 8.52. The summed E-state index contributed by atoms with van der Waals surface area (Å²) in [5, 5.41) is 2.91. The van der Waals surface area contributed by atoms with Gasteiger partial charge < -0.3 is 5.32 Å². The summed E-state index contributed by atoms with van der Waals surface area (Å²) in [6.07, 6.45) is 0. The second kappa shape index (κ2) is 4.97. The predicted molar refractivity (Wildman–Crippen MR) is 69.4 cm³/mol. The third kappa shape index (κ3) is 2.33. The van der Waals surface area contributed by atoms with Gasteiger partial charge in [0, 0.05) is 12.6 Å². The zero-order valence-electron chi connectivity index (χ0n) is 9.76. The summed E-state index contributed by atoms with van der Waals surface area (Å²) in [4.78, 5) is 8.47. The predicted octanol–water partition coefficient (Wildman–Crippen LogP) is 3.53. The Kier molecular flexibility index (Phi) is 3.56. The highest BCUT2D eigenvalue weighted by Gasteiger charge is 2.11. The second-order valence-corrected chi connectivity index (χ2v) is 4.47. The molecular formula is C12H10BrF2N3. The highest BCUT2D eigenvalue weighted by atomic mass is 79.9. The van der Waals surface area contributed by atoms with Crippen LogP contribution in [0.25, 0.3) is 11.4 Å². The van der Waals surface area contributed by atoms with Crippen LogP contribution in [0.5, 0.6) is 0 Å². The van der Waals surface area contributed by atoms with E-state index < -0.39 is 11.6 Å². The van der Waals surface area contributed by atoms with E-state index in [1.165, 1.54) is 6.07 Å². The molecule has 0 aliphatic heterocycles. The van der Waals surface area contributed by atoms with Crippen LogP contribution in [0.15, 0.2) is 22.7 Å². The molecule has 6 heteroatoms. The Labute approximate surface area is 111 Å². The molecule has 0 radical (unpaired) electrons. The Balaban J connectivity index is 2.57. The molecule has 1 aromatic carbocycles. The van der Waals surface area contributed by atoms with Crippen molar-refractivity contribution in [1.82, 2.24) is 9.97 Å². The molecule has 0 saturated heterocycles. The van der Waals surface area contributed by atoms with E-state index in [1.807, 2.05) is 0 Å². The Morgan fingerprint density at radius 2 is 1.89 bits per heavy atom. The van der Waals surface area contributed by atoms with E-state index in [9.17, 15) is 8.78 Å². The van der Waals surface area contributed by atoms with E-state index in [0.717, 1.165) is 16.6 Å². The van der Waals surface area contributed by atoms with Crippen LogP contribution in [0.2, 0.25) is 0 Å². The van der Waals surface area contributed by atoms with E-state index in [0.29, 0.717) is 22.9 Å². The molecule has 0 fully saturated rings. The van der Waals surface area contributed by atoms with Gasteiger partial charge in [0.25, 0.3) is 0 Å². The van der Waals surface area contributed by atoms with E-state index in [1.54, 1.807) is 14.0 Å². The van der Waals surface area contributed by atoms with E-state index in [2.05, 4.69) is 31.2 Å². The quantitative estimate of drug-likeness (QED) is 0.921. The molecule has 0 atom stereocenters. The maximum absolute atomic E-state index is 13.2. The minimum absolute atomic E-state index is 0.346. The molecule has 0 unspecified atom stereocenters. The molecule has 0 bridgehead atoms. The van der Waals surface area contributed by atoms with Gasteiger partial charge in [0.1, 0.15) is 5.82 Å². The molecule has 94 valence electrons. The van der Waals surface area contributed by atoms with Crippen molar-refractivity contribution in [3.05, 3.63) is 40.0 Å². The van der Waals surface area contributed by atoms with Crippen LogP contribution < -0.4 is 5.32 Å². The van der Waals surface area contributed by atoms with Crippen molar-refractivity contribution in [3.63, 3.8) is 0 Å². The normalized spacial score (nSPS) is 10.5. The van der Waals surface area contributed by atoms with Crippen molar-refractivity contribution < 1.29 is 8.78 Å². The van der Waals surface area contributed by atoms with Gasteiger partial charge in [0.2, 0.25) is 0 Å². The summed E-state index contributed by atoms with van der Waals surface area (Å²) in [5.74, 6) is -0.856. The monoisotopic (exact) mass is 313 g/mol. The molecule has 0 aliphatic rings. The summed E-state index contributed by atoms with van der Waals surface area (Å²) < 4.78 is 26.8. The van der Waals surface area contributed by atoms with Gasteiger partial charge in [0.05, 0.1) is 10.2 Å². The summed E-state index contributed by atoms with van der Waals surface area (Å²) in [7, 11) is 1.72. The van der Waals surface area contributed by atoms with Crippen LogP contribution in [0.1, 0.15) is 5.69 Å². The van der Waals surface area contributed by atoms with Gasteiger partial charge in [-0.15, -0.1) is 0 Å². The standard InChI is InChI=1S/C12H10BrF2N3/c1-6-10(13)12(16-2)18-11(17-6)7-3-4-8(14)9(15)5-7/h3-5H,1-2H3,(H,16,17,18). The molecule has 0 aliphatic carbocycles. The second-order valence-electron chi connectivity index (χ2n) is 3.67. The number of aromatic nitrogens is 2. The Morgan fingerprint density at radius 3 is 2.50 bits per heavy atom. The SMILES string of the molecule is CNc1nc(-c2ccc(F)c(F)c2)nc(C)c1Br. The smallest absolute Gasteiger partial charge is 0.161 e. The average molecular weight is 314 g/mol. The summed E-state index contributed by atoms with van der Waals surface area (Å²) in [6.45, 7) is 1.80. The van der Waals surface area contributed by atoms with Gasteiger partial charge in [-0.25, -0.2) is 18.7 Å². The fraction of sp³-hybridized carbons (Fsp3) is 0.167. The number of benzene rings is 1. The topological polar surface area (TPSA) is 37.8 Å². The molecule has 0 saturated carbocycles. The Morgan fingerprint density at radius 1 is 1.17 bits per heavy atom. The van der Waals surface area contributed by atoms with E-state index in [4.69, 9.17) is 0 Å². The minimum Gasteiger partial charge on any atom is -0.372 e. The fourth-order valence-corrected chi connectivity index (χ4v) is 1.86. The molecule has 0 amide bonds. The van der Waals surface area contributed by atoms with Gasteiger partial charge in [-0.2, -0.15) is 0 Å². The lowest BCUT2D eigenvalue weighted by Gasteiger charge is -2.08. The van der Waals surface area contributed by atoms with E-state index >= 15 is 0 Å². The molecule has 18 heavy (non-hydrogen) atoms. The molecule has 1 N–H and O–H groups in total. The lowest BCUT2D eigenvalue weighted by atomic mass is 10.2. The van der Waals surface area contributed by atoms with Crippen molar-refractivity contribution in [2.45, 2.75) is 6.92 Å². The minimum atomic E-state index is -0.914. The fourth-order valence-electron chi connectivity index (χ4n) is 1.49. The summed E-state index contributed by atoms with van der Waals surface area (Å²) in [6, 6.07) is 3.59. The first-order valence-electron chi connectivity index (χ1n) is 5.20. The molecule has 3 nitrogen and oxygen atoms in total. The molecule has 0 spiro atoms. The number of rotatable bonds is 2. The van der Waals surface area contributed by atoms with Crippen LogP contribution in [0.3, 0.4) is 0 Å². The molecule has 1 aromatic heterocycles. The van der Waals surface area contributed by atoms with Gasteiger partial charge in [0.15, 0.2) is 17.5 Å². The van der Waals surface area contributed by atoms with Gasteiger partial charge >= 0.3 is 0 Å². The number of aryl methyl sites for hydroxylation is 1. The highest BCUT2D eigenvalue weighted by molar-refractivity contribution is 9.10. The van der Waals surface area contributed by atoms with Crippen LogP contribution in [0.4, 0.5) is 14.6 Å². The largest absolute Gasteiger partial charge is 0.372 e. The molecule has 2 rings (SSSR count). The maximum atomic E-state index is 13.2. The number of anilines is 1. The van der Waals surface area contributed by atoms with E-state index in [-0.39, 0.29) is 0 Å². The summed E-state index contributed by atoms with van der Waals surface area (Å²) >= 11 is 3.35. The van der Waals surface area contributed by atoms with Gasteiger partial charge in [-0.1, -0.05) is 0 Å². The summed E-state index contributed by atoms with van der Waals surface area (Å²) in [5.41, 5.74) is 1.15. The number of hydrogen-bond acceptors (Lipinski definition) is 3. The molecule has 2 aromatic rings. The lowest BCUT2D eigenvalue weighted by molar-refractivity contribution is 0.509. The van der Waals surface area contributed by atoms with Crippen molar-refractivity contribution >= 4 is 21.7 Å². The van der Waals surface area contributed by atoms with Crippen molar-refractivity contribution in [2.24, 2.45) is 0 Å². The van der Waals surface area contributed by atoms with Gasteiger partial charge in [-0.05, 0) is 41.1 Å². The highest BCUT2D eigenvalue weighted by Crippen LogP contribution is 2.26. The zero-order chi connectivity index (χ0) is 13.3. The number of halogens is 3. The van der Waals surface area contributed by atoms with Crippen molar-refractivity contribution in [2.75, 3.05) is 12.4 Å². The van der Waals surface area contributed by atoms with Crippen LogP contribution in [0, 0.1) is 18.6 Å². The van der Waals surface area contributed by atoms with Crippen molar-refractivity contribution in [1.29, 1.82) is 0 Å². The van der Waals surface area contributed by atoms with Crippen LogP contribution >= 0.6 is 15.9 Å². The Bertz CT molecular complexity index is 602. The van der Waals surface area contributed by atoms with Crippen molar-refractivity contribution in [3.8, 4) is 11.4 Å². The third-order valence-corrected chi connectivity index (χ3v) is 3.38. The average Bonchev–Trinajstić information content (AvgIpc) is 2.36.